The van der Waals surface area contributed by atoms with Crippen LogP contribution in [0.2, 0.25) is 0 Å². The predicted molar refractivity (Wildman–Crippen MR) is 314 cm³/mol. The fraction of sp³-hybridized carbons (Fsp3) is 0.214. The van der Waals surface area contributed by atoms with Gasteiger partial charge >= 0.3 is 21.1 Å². The van der Waals surface area contributed by atoms with Crippen molar-refractivity contribution < 1.29 is 48.1 Å². The van der Waals surface area contributed by atoms with Crippen LogP contribution in [-0.2, 0) is 31.9 Å². The number of phenols is 1. The molecule has 0 aliphatic heterocycles. The van der Waals surface area contributed by atoms with E-state index in [1.165, 1.54) is 18.3 Å². The SMILES string of the molecule is [2H]c1c([2H])c(C(C([2H])([2H])[2H])(C([2H])([2H])[2H])C([2H])([2H])[2H])c([2H])c([2H])c1-c1ccnc(-c2[c-]c(-c3cccc4c3nc(-c3cc(C(C)C)cc(C(C)C)c3O)n4-c3cc(C([2H])([2H])[2H])c(-c4ccccc4)cc3-c3ccc(C(C)(C)C)cc3)cc(-c3ccccc3)c2)c1.[CH3-].[Pt+2]. The number of para-hydroxylation sites is 1. The zero-order valence-corrected chi connectivity index (χ0v) is 45.5. The van der Waals surface area contributed by atoms with E-state index in [1.807, 2.05) is 140 Å². The molecule has 8 aromatic carbocycles. The summed E-state index contributed by atoms with van der Waals surface area (Å²) in [5.41, 5.74) is 5.16. The van der Waals surface area contributed by atoms with Crippen molar-refractivity contribution in [3.05, 3.63) is 223 Å². The van der Waals surface area contributed by atoms with E-state index in [0.29, 0.717) is 72.6 Å². The molecule has 0 spiro atoms. The molecule has 0 radical (unpaired) electrons. The second kappa shape index (κ2) is 21.6. The van der Waals surface area contributed by atoms with Gasteiger partial charge in [0.1, 0.15) is 11.6 Å². The topological polar surface area (TPSA) is 50.9 Å². The van der Waals surface area contributed by atoms with Gasteiger partial charge in [-0.2, -0.15) is 0 Å². The van der Waals surface area contributed by atoms with Crippen LogP contribution in [0.1, 0.15) is 131 Å². The number of phenolic OH excluding ortho intramolecular Hbond substituents is 1. The van der Waals surface area contributed by atoms with Gasteiger partial charge in [-0.05, 0) is 121 Å². The van der Waals surface area contributed by atoms with Crippen molar-refractivity contribution in [1.82, 2.24) is 14.5 Å². The maximum atomic E-state index is 12.6. The van der Waals surface area contributed by atoms with Crippen LogP contribution in [-0.4, -0.2) is 19.6 Å². The largest absolute Gasteiger partial charge is 2.00 e. The van der Waals surface area contributed by atoms with Gasteiger partial charge in [-0.3, -0.25) is 9.55 Å². The minimum absolute atomic E-state index is 0. The average molecular weight is 1180 g/mol. The molecular weight excluding hydrogens is 1090 g/mol. The molecule has 0 aliphatic rings. The van der Waals surface area contributed by atoms with E-state index in [1.54, 1.807) is 6.07 Å². The molecule has 2 aromatic heterocycles. The molecule has 10 rings (SSSR count). The summed E-state index contributed by atoms with van der Waals surface area (Å²) >= 11 is 0. The summed E-state index contributed by atoms with van der Waals surface area (Å²) in [6, 6.07) is 46.8. The summed E-state index contributed by atoms with van der Waals surface area (Å²) in [5.74, 6) is 0.262. The van der Waals surface area contributed by atoms with Crippen molar-refractivity contribution in [2.45, 2.75) is 98.5 Å². The van der Waals surface area contributed by atoms with Crippen LogP contribution in [0.5, 0.6) is 5.75 Å². The van der Waals surface area contributed by atoms with E-state index in [0.717, 1.165) is 22.3 Å². The van der Waals surface area contributed by atoms with Crippen molar-refractivity contribution in [2.24, 2.45) is 0 Å². The average Bonchev–Trinajstić information content (AvgIpc) is 1.51. The quantitative estimate of drug-likeness (QED) is 0.139. The summed E-state index contributed by atoms with van der Waals surface area (Å²) in [6.07, 6.45) is 1.38. The fourth-order valence-electron chi connectivity index (χ4n) is 9.40. The number of aromatic hydroxyl groups is 1. The first kappa shape index (κ1) is 36.8. The molecule has 0 aliphatic carbocycles. The molecule has 380 valence electrons. The zero-order valence-electron chi connectivity index (χ0n) is 59.3. The summed E-state index contributed by atoms with van der Waals surface area (Å²) < 4.78 is 141. The Hall–Kier alpha value is -7.13. The second-order valence-corrected chi connectivity index (χ2v) is 20.4. The molecule has 4 nitrogen and oxygen atoms in total. The molecule has 0 fully saturated rings. The van der Waals surface area contributed by atoms with E-state index >= 15 is 0 Å². The number of pyridine rings is 1. The third-order valence-corrected chi connectivity index (χ3v) is 13.5. The van der Waals surface area contributed by atoms with Crippen LogP contribution < -0.4 is 0 Å². The van der Waals surface area contributed by atoms with Gasteiger partial charge < -0.3 is 12.5 Å². The van der Waals surface area contributed by atoms with Gasteiger partial charge in [0.15, 0.2) is 0 Å². The normalized spacial score (nSPS) is 15.5. The van der Waals surface area contributed by atoms with Gasteiger partial charge in [0, 0.05) is 33.9 Å². The van der Waals surface area contributed by atoms with Crippen molar-refractivity contribution >= 4 is 11.0 Å². The molecule has 1 N–H and O–H groups in total. The van der Waals surface area contributed by atoms with Gasteiger partial charge in [0.25, 0.3) is 0 Å². The third-order valence-electron chi connectivity index (χ3n) is 13.5. The number of aromatic nitrogens is 3. The summed E-state index contributed by atoms with van der Waals surface area (Å²) in [5, 5.41) is 12.6. The molecule has 0 atom stereocenters. The number of nitrogens with zero attached hydrogens (tertiary/aromatic N) is 3. The first-order chi connectivity index (χ1) is 41.6. The Bertz CT molecular complexity index is 4290. The molecule has 0 amide bonds. The number of aryl methyl sites for hydroxylation is 1. The first-order valence-electron chi connectivity index (χ1n) is 32.5. The Morgan fingerprint density at radius 3 is 1.88 bits per heavy atom. The summed E-state index contributed by atoms with van der Waals surface area (Å²) in [4.78, 5) is 10.3. The van der Waals surface area contributed by atoms with Crippen molar-refractivity contribution in [3.8, 4) is 89.7 Å². The van der Waals surface area contributed by atoms with Gasteiger partial charge in [-0.1, -0.05) is 219 Å². The molecular formula is C70H69N3OPt. The maximum absolute atomic E-state index is 12.6. The molecule has 0 bridgehead atoms. The number of benzene rings is 8. The van der Waals surface area contributed by atoms with Gasteiger partial charge in [-0.25, -0.2) is 4.98 Å². The molecule has 10 aromatic rings. The van der Waals surface area contributed by atoms with E-state index < -0.39 is 62.6 Å². The molecule has 0 unspecified atom stereocenters. The van der Waals surface area contributed by atoms with Crippen LogP contribution in [0, 0.1) is 20.3 Å². The van der Waals surface area contributed by atoms with Gasteiger partial charge in [0.2, 0.25) is 0 Å². The van der Waals surface area contributed by atoms with Crippen LogP contribution >= 0.6 is 0 Å². The molecule has 2 heterocycles. The van der Waals surface area contributed by atoms with Gasteiger partial charge in [0.05, 0.1) is 27.8 Å². The Balaban J connectivity index is 0.00000534. The fourth-order valence-corrected chi connectivity index (χ4v) is 9.40. The minimum atomic E-state index is -3.85. The third kappa shape index (κ3) is 10.9. The van der Waals surface area contributed by atoms with E-state index in [4.69, 9.17) is 29.2 Å². The molecule has 5 heteroatoms. The smallest absolute Gasteiger partial charge is 0.507 e. The number of imidazole rings is 1. The number of rotatable bonds is 10. The van der Waals surface area contributed by atoms with Crippen molar-refractivity contribution in [3.63, 3.8) is 0 Å². The Labute approximate surface area is 483 Å². The molecule has 75 heavy (non-hydrogen) atoms. The number of fused-ring (bicyclic) bond motifs is 1. The van der Waals surface area contributed by atoms with Crippen molar-refractivity contribution in [1.29, 1.82) is 0 Å². The van der Waals surface area contributed by atoms with Crippen molar-refractivity contribution in [2.75, 3.05) is 0 Å². The Morgan fingerprint density at radius 2 is 1.24 bits per heavy atom. The number of hydrogen-bond acceptors (Lipinski definition) is 3. The summed E-state index contributed by atoms with van der Waals surface area (Å²) in [6.45, 7) is 0.435. The van der Waals surface area contributed by atoms with Crippen LogP contribution in [0.25, 0.3) is 95.0 Å². The second-order valence-electron chi connectivity index (χ2n) is 20.4. The van der Waals surface area contributed by atoms with Crippen LogP contribution in [0.4, 0.5) is 0 Å². The Kier molecular flexibility index (Phi) is 10.6. The van der Waals surface area contributed by atoms with E-state index in [9.17, 15) is 7.85 Å². The molecule has 0 saturated heterocycles. The number of hydrogen-bond donors (Lipinski definition) is 1. The van der Waals surface area contributed by atoms with Gasteiger partial charge in [-0.15, -0.1) is 23.8 Å². The van der Waals surface area contributed by atoms with E-state index in [2.05, 4.69) is 52.8 Å². The first-order valence-corrected chi connectivity index (χ1v) is 24.5. The predicted octanol–water partition coefficient (Wildman–Crippen LogP) is 19.2. The summed E-state index contributed by atoms with van der Waals surface area (Å²) in [7, 11) is 0. The minimum Gasteiger partial charge on any atom is -0.507 e. The zero-order chi connectivity index (χ0) is 64.8. The monoisotopic (exact) mass is 1180 g/mol. The van der Waals surface area contributed by atoms with Crippen LogP contribution in [0.3, 0.4) is 0 Å². The standard InChI is InChI=1S/C69H66N3O.CH3.Pt/c1-43(2)51-39-58(44(3)4)66(73)61(40-51)67-71-65-57(53-36-52(46-19-14-12-15-20-46)37-54(38-53)62-41-50(33-34-70-62)47-25-29-55(30-26-47)68(6,7)8)23-18-24-63(65)72(67)64-35-45(5)59(48-21-16-13-17-22-48)42-60(64)49-27-31-56(32-28-49)69(9,10)11;;/h12-37,39-44,73H,1-11H3;1H3;/q2*-1;+2/i5D3,6D3,7D3,8D3,25D,26D,29D,30D;;. The van der Waals surface area contributed by atoms with Crippen LogP contribution in [0.15, 0.2) is 182 Å². The Morgan fingerprint density at radius 1 is 0.573 bits per heavy atom. The maximum Gasteiger partial charge on any atom is 2.00 e. The molecule has 0 saturated carbocycles. The van der Waals surface area contributed by atoms with E-state index in [-0.39, 0.29) is 73.9 Å².